The molecule has 0 saturated carbocycles. The number of hydrogen-bond donors (Lipinski definition) is 3. The molecule has 0 fully saturated rings. The van der Waals surface area contributed by atoms with E-state index in [-0.39, 0.29) is 19.8 Å². The van der Waals surface area contributed by atoms with Crippen LogP contribution in [0.25, 0.3) is 0 Å². The molecule has 0 saturated heterocycles. The number of aliphatic hydroxyl groups excluding tert-OH is 3. The Morgan fingerprint density at radius 1 is 0.667 bits per heavy atom. The van der Waals surface area contributed by atoms with E-state index in [1.165, 1.54) is 0 Å². The second kappa shape index (κ2) is 11.0. The van der Waals surface area contributed by atoms with Gasteiger partial charge in [0.25, 0.3) is 0 Å². The number of halogens is 1. The molecule has 0 unspecified atom stereocenters. The maximum absolute atomic E-state index is 8.91. The summed E-state index contributed by atoms with van der Waals surface area (Å²) in [5.41, 5.74) is 3.49. The van der Waals surface area contributed by atoms with E-state index in [0.717, 1.165) is 33.3 Å². The van der Waals surface area contributed by atoms with E-state index in [2.05, 4.69) is 15.9 Å². The highest BCUT2D eigenvalue weighted by Gasteiger charge is 1.99. The number of methoxy groups -OCH3 is 2. The van der Waals surface area contributed by atoms with Crippen LogP contribution in [0.1, 0.15) is 22.3 Å². The van der Waals surface area contributed by atoms with E-state index < -0.39 is 0 Å². The van der Waals surface area contributed by atoms with Gasteiger partial charge < -0.3 is 24.8 Å². The Morgan fingerprint density at radius 3 is 1.29 bits per heavy atom. The number of alkyl halides is 1. The van der Waals surface area contributed by atoms with Gasteiger partial charge in [0.2, 0.25) is 0 Å². The fraction of sp³-hybridized carbons (Fsp3) is 0.333. The summed E-state index contributed by atoms with van der Waals surface area (Å²) in [5, 5.41) is 27.4. The van der Waals surface area contributed by atoms with Crippen molar-refractivity contribution in [2.75, 3.05) is 14.2 Å². The van der Waals surface area contributed by atoms with Gasteiger partial charge in [0.15, 0.2) is 0 Å². The number of ether oxygens (including phenoxy) is 2. The van der Waals surface area contributed by atoms with Crippen LogP contribution in [0.4, 0.5) is 0 Å². The third-order valence-corrected chi connectivity index (χ3v) is 3.87. The van der Waals surface area contributed by atoms with Gasteiger partial charge in [0.05, 0.1) is 34.0 Å². The fourth-order valence-electron chi connectivity index (χ4n) is 2.04. The normalized spacial score (nSPS) is 9.92. The number of benzene rings is 2. The summed E-state index contributed by atoms with van der Waals surface area (Å²) in [6, 6.07) is 10.9. The molecule has 0 spiro atoms. The first kappa shape index (κ1) is 20.4. The molecule has 0 aliphatic heterocycles. The highest BCUT2D eigenvalue weighted by Crippen LogP contribution is 2.19. The molecule has 0 atom stereocenters. The smallest absolute Gasteiger partial charge is 0.119 e. The van der Waals surface area contributed by atoms with Crippen LogP contribution in [0, 0.1) is 0 Å². The van der Waals surface area contributed by atoms with E-state index in [1.54, 1.807) is 32.4 Å². The van der Waals surface area contributed by atoms with Gasteiger partial charge in [-0.15, -0.1) is 0 Å². The van der Waals surface area contributed by atoms with E-state index in [9.17, 15) is 0 Å². The Labute approximate surface area is 150 Å². The topological polar surface area (TPSA) is 79.2 Å². The third-order valence-electron chi connectivity index (χ3n) is 3.23. The van der Waals surface area contributed by atoms with Gasteiger partial charge in [-0.05, 0) is 46.5 Å². The largest absolute Gasteiger partial charge is 0.497 e. The Bertz CT molecular complexity index is 465. The molecule has 132 valence electrons. The molecular weight excluding hydrogens is 376 g/mol. The highest BCUT2D eigenvalue weighted by atomic mass is 79.9. The minimum atomic E-state index is -0.0375. The molecule has 6 heteroatoms. The zero-order valence-electron chi connectivity index (χ0n) is 13.8. The van der Waals surface area contributed by atoms with Gasteiger partial charge >= 0.3 is 0 Å². The lowest BCUT2D eigenvalue weighted by molar-refractivity contribution is 0.274. The van der Waals surface area contributed by atoms with Crippen molar-refractivity contribution in [3.05, 3.63) is 58.7 Å². The average Bonchev–Trinajstić information content (AvgIpc) is 2.67. The van der Waals surface area contributed by atoms with Crippen molar-refractivity contribution in [3.63, 3.8) is 0 Å². The standard InChI is InChI=1S/C9H11BrO2.C9H12O3/c2*1-12-9-3-7(5-10)2-8(4-9)6-11/h2-4,11H,5-6H2,1H3;2-4,10-11H,5-6H2,1H3. The zero-order valence-corrected chi connectivity index (χ0v) is 15.4. The van der Waals surface area contributed by atoms with Gasteiger partial charge in [0, 0.05) is 5.33 Å². The molecule has 0 aliphatic rings. The number of hydrogen-bond acceptors (Lipinski definition) is 5. The first-order valence-corrected chi connectivity index (χ1v) is 8.44. The van der Waals surface area contributed by atoms with Crippen molar-refractivity contribution < 1.29 is 24.8 Å². The van der Waals surface area contributed by atoms with Crippen LogP contribution in [-0.4, -0.2) is 29.5 Å². The van der Waals surface area contributed by atoms with Crippen LogP contribution in [0.2, 0.25) is 0 Å². The minimum Gasteiger partial charge on any atom is -0.497 e. The maximum atomic E-state index is 8.91. The first-order chi connectivity index (χ1) is 11.6. The summed E-state index contributed by atoms with van der Waals surface area (Å²) < 4.78 is 10.0. The first-order valence-electron chi connectivity index (χ1n) is 7.32. The minimum absolute atomic E-state index is 0.0375. The van der Waals surface area contributed by atoms with Gasteiger partial charge in [-0.3, -0.25) is 0 Å². The lowest BCUT2D eigenvalue weighted by Gasteiger charge is -2.05. The molecule has 0 aliphatic carbocycles. The van der Waals surface area contributed by atoms with Crippen molar-refractivity contribution in [1.29, 1.82) is 0 Å². The number of rotatable bonds is 6. The highest BCUT2D eigenvalue weighted by molar-refractivity contribution is 9.08. The van der Waals surface area contributed by atoms with Crippen LogP contribution in [0.3, 0.4) is 0 Å². The summed E-state index contributed by atoms with van der Waals surface area (Å²) in [7, 11) is 3.17. The van der Waals surface area contributed by atoms with E-state index in [4.69, 9.17) is 24.8 Å². The SMILES string of the molecule is COc1cc(CO)cc(CBr)c1.COc1cc(CO)cc(CO)c1. The zero-order chi connectivity index (χ0) is 17.9. The fourth-order valence-corrected chi connectivity index (χ4v) is 2.37. The van der Waals surface area contributed by atoms with Crippen LogP contribution in [-0.2, 0) is 25.2 Å². The van der Waals surface area contributed by atoms with Crippen LogP contribution >= 0.6 is 15.9 Å². The lowest BCUT2D eigenvalue weighted by Crippen LogP contribution is -1.91. The molecule has 0 amide bonds. The predicted molar refractivity (Wildman–Crippen MR) is 96.4 cm³/mol. The van der Waals surface area contributed by atoms with Gasteiger partial charge in [-0.2, -0.15) is 0 Å². The van der Waals surface area contributed by atoms with Crippen molar-refractivity contribution in [3.8, 4) is 11.5 Å². The Kier molecular flexibility index (Phi) is 9.41. The molecule has 24 heavy (non-hydrogen) atoms. The molecule has 0 heterocycles. The summed E-state index contributed by atoms with van der Waals surface area (Å²) in [5.74, 6) is 1.45. The molecular formula is C18H23BrO5. The maximum Gasteiger partial charge on any atom is 0.119 e. The van der Waals surface area contributed by atoms with Gasteiger partial charge in [-0.25, -0.2) is 0 Å². The molecule has 2 aromatic carbocycles. The Balaban J connectivity index is 0.000000240. The Morgan fingerprint density at radius 2 is 1.00 bits per heavy atom. The van der Waals surface area contributed by atoms with Crippen molar-refractivity contribution >= 4 is 15.9 Å². The Hall–Kier alpha value is -1.60. The quantitative estimate of drug-likeness (QED) is 0.651. The molecule has 3 N–H and O–H groups in total. The molecule has 0 bridgehead atoms. The van der Waals surface area contributed by atoms with Crippen molar-refractivity contribution in [1.82, 2.24) is 0 Å². The molecule has 5 nitrogen and oxygen atoms in total. The van der Waals surface area contributed by atoms with Crippen molar-refractivity contribution in [2.24, 2.45) is 0 Å². The monoisotopic (exact) mass is 398 g/mol. The third kappa shape index (κ3) is 6.49. The van der Waals surface area contributed by atoms with Crippen molar-refractivity contribution in [2.45, 2.75) is 25.2 Å². The predicted octanol–water partition coefficient (Wildman–Crippen LogP) is 2.76. The lowest BCUT2D eigenvalue weighted by atomic mass is 10.1. The van der Waals surface area contributed by atoms with Gasteiger partial charge in [0.1, 0.15) is 11.5 Å². The van der Waals surface area contributed by atoms with Crippen LogP contribution in [0.5, 0.6) is 11.5 Å². The van der Waals surface area contributed by atoms with E-state index in [0.29, 0.717) is 5.75 Å². The summed E-state index contributed by atoms with van der Waals surface area (Å²) in [6.45, 7) is -0.0222. The van der Waals surface area contributed by atoms with Crippen LogP contribution < -0.4 is 9.47 Å². The molecule has 0 radical (unpaired) electrons. The van der Waals surface area contributed by atoms with E-state index >= 15 is 0 Å². The summed E-state index contributed by atoms with van der Waals surface area (Å²) >= 11 is 3.35. The van der Waals surface area contributed by atoms with Gasteiger partial charge in [-0.1, -0.05) is 28.1 Å². The molecule has 0 aromatic heterocycles. The second-order valence-corrected chi connectivity index (χ2v) is 5.55. The number of aliphatic hydroxyl groups is 3. The second-order valence-electron chi connectivity index (χ2n) is 4.99. The van der Waals surface area contributed by atoms with Crippen LogP contribution in [0.15, 0.2) is 36.4 Å². The average molecular weight is 399 g/mol. The molecule has 2 rings (SSSR count). The summed E-state index contributed by atoms with van der Waals surface area (Å²) in [6.07, 6.45) is 0. The summed E-state index contributed by atoms with van der Waals surface area (Å²) in [4.78, 5) is 0. The molecule has 2 aromatic rings. The van der Waals surface area contributed by atoms with E-state index in [1.807, 2.05) is 18.2 Å².